The van der Waals surface area contributed by atoms with E-state index in [1.165, 1.54) is 18.2 Å². The molecule has 0 spiro atoms. The number of carboxylic acids is 1. The number of hydrogen-bond acceptors (Lipinski definition) is 2. The van der Waals surface area contributed by atoms with Crippen molar-refractivity contribution in [3.8, 4) is 0 Å². The molecule has 0 aromatic heterocycles. The van der Waals surface area contributed by atoms with E-state index in [-0.39, 0.29) is 5.82 Å². The third kappa shape index (κ3) is 3.92. The van der Waals surface area contributed by atoms with Gasteiger partial charge in [-0.25, -0.2) is 9.18 Å². The standard InChI is InChI=1S/C16H13BrFNO2/c1-19(14-7-5-13(18)6-8-14)15-10-12(17)4-2-11(15)3-9-16(20)21/h2-10H,1H3,(H,20,21). The third-order valence-corrected chi connectivity index (χ3v) is 3.47. The second-order valence-electron chi connectivity index (χ2n) is 4.41. The molecular formula is C16H13BrFNO2. The Kier molecular flexibility index (Phi) is 4.75. The largest absolute Gasteiger partial charge is 0.478 e. The second kappa shape index (κ2) is 6.54. The van der Waals surface area contributed by atoms with E-state index >= 15 is 0 Å². The van der Waals surface area contributed by atoms with Crippen LogP contribution in [-0.4, -0.2) is 18.1 Å². The van der Waals surface area contributed by atoms with Crippen LogP contribution in [0.2, 0.25) is 0 Å². The maximum Gasteiger partial charge on any atom is 0.328 e. The molecule has 0 bridgehead atoms. The lowest BCUT2D eigenvalue weighted by molar-refractivity contribution is -0.131. The number of carboxylic acid groups (broad SMARTS) is 1. The number of halogens is 2. The average molecular weight is 350 g/mol. The van der Waals surface area contributed by atoms with Crippen molar-refractivity contribution in [1.29, 1.82) is 0 Å². The summed E-state index contributed by atoms with van der Waals surface area (Å²) in [5, 5.41) is 8.76. The Morgan fingerprint density at radius 2 is 1.90 bits per heavy atom. The fourth-order valence-corrected chi connectivity index (χ4v) is 2.26. The first-order chi connectivity index (χ1) is 9.97. The number of aliphatic carboxylic acids is 1. The average Bonchev–Trinajstić information content (AvgIpc) is 2.46. The molecule has 0 fully saturated rings. The third-order valence-electron chi connectivity index (χ3n) is 2.97. The van der Waals surface area contributed by atoms with E-state index in [2.05, 4.69) is 15.9 Å². The van der Waals surface area contributed by atoms with Gasteiger partial charge in [-0.3, -0.25) is 0 Å². The summed E-state index contributed by atoms with van der Waals surface area (Å²) in [6, 6.07) is 11.6. The molecule has 0 amide bonds. The quantitative estimate of drug-likeness (QED) is 0.828. The number of hydrogen-bond donors (Lipinski definition) is 1. The lowest BCUT2D eigenvalue weighted by Crippen LogP contribution is -2.11. The Hall–Kier alpha value is -2.14. The minimum atomic E-state index is -1.01. The van der Waals surface area contributed by atoms with Gasteiger partial charge in [0.15, 0.2) is 0 Å². The van der Waals surface area contributed by atoms with Gasteiger partial charge in [0.05, 0.1) is 0 Å². The van der Waals surface area contributed by atoms with Gasteiger partial charge in [-0.2, -0.15) is 0 Å². The van der Waals surface area contributed by atoms with E-state index in [0.29, 0.717) is 0 Å². The molecule has 0 aliphatic heterocycles. The number of rotatable bonds is 4. The number of anilines is 2. The van der Waals surface area contributed by atoms with E-state index < -0.39 is 5.97 Å². The first kappa shape index (κ1) is 15.3. The molecule has 0 saturated carbocycles. The zero-order valence-corrected chi connectivity index (χ0v) is 12.8. The summed E-state index contributed by atoms with van der Waals surface area (Å²) in [5.74, 6) is -1.30. The van der Waals surface area contributed by atoms with E-state index in [0.717, 1.165) is 27.5 Å². The highest BCUT2D eigenvalue weighted by Crippen LogP contribution is 2.30. The molecule has 108 valence electrons. The highest BCUT2D eigenvalue weighted by molar-refractivity contribution is 9.10. The van der Waals surface area contributed by atoms with Gasteiger partial charge in [0, 0.05) is 29.0 Å². The number of nitrogens with zero attached hydrogens (tertiary/aromatic N) is 1. The van der Waals surface area contributed by atoms with Gasteiger partial charge in [0.25, 0.3) is 0 Å². The molecule has 0 aliphatic rings. The molecule has 0 heterocycles. The van der Waals surface area contributed by atoms with Crippen LogP contribution in [0.15, 0.2) is 53.0 Å². The summed E-state index contributed by atoms with van der Waals surface area (Å²) in [6.07, 6.45) is 2.62. The molecule has 0 aliphatic carbocycles. The van der Waals surface area contributed by atoms with Crippen molar-refractivity contribution in [2.24, 2.45) is 0 Å². The summed E-state index contributed by atoms with van der Waals surface area (Å²) in [6.45, 7) is 0. The highest BCUT2D eigenvalue weighted by Gasteiger charge is 2.09. The molecule has 2 rings (SSSR count). The minimum Gasteiger partial charge on any atom is -0.478 e. The molecule has 0 atom stereocenters. The summed E-state index contributed by atoms with van der Waals surface area (Å²) in [7, 11) is 1.84. The Morgan fingerprint density at radius 3 is 2.52 bits per heavy atom. The fraction of sp³-hybridized carbons (Fsp3) is 0.0625. The van der Waals surface area contributed by atoms with Gasteiger partial charge < -0.3 is 10.0 Å². The summed E-state index contributed by atoms with van der Waals surface area (Å²) >= 11 is 3.40. The predicted octanol–water partition coefficient (Wildman–Crippen LogP) is 4.45. The number of carbonyl (C=O) groups is 1. The van der Waals surface area contributed by atoms with Gasteiger partial charge in [-0.15, -0.1) is 0 Å². The van der Waals surface area contributed by atoms with Gasteiger partial charge in [0.2, 0.25) is 0 Å². The molecule has 0 radical (unpaired) electrons. The molecular weight excluding hydrogens is 337 g/mol. The lowest BCUT2D eigenvalue weighted by atomic mass is 10.1. The Labute approximate surface area is 130 Å². The van der Waals surface area contributed by atoms with Crippen LogP contribution in [0.3, 0.4) is 0 Å². The van der Waals surface area contributed by atoms with Crippen molar-refractivity contribution in [1.82, 2.24) is 0 Å². The lowest BCUT2D eigenvalue weighted by Gasteiger charge is -2.22. The van der Waals surface area contributed by atoms with Crippen LogP contribution in [0.5, 0.6) is 0 Å². The van der Waals surface area contributed by atoms with Crippen LogP contribution in [-0.2, 0) is 4.79 Å². The highest BCUT2D eigenvalue weighted by atomic mass is 79.9. The van der Waals surface area contributed by atoms with E-state index in [1.54, 1.807) is 12.1 Å². The van der Waals surface area contributed by atoms with Crippen LogP contribution < -0.4 is 4.90 Å². The smallest absolute Gasteiger partial charge is 0.328 e. The predicted molar refractivity (Wildman–Crippen MR) is 85.3 cm³/mol. The summed E-state index contributed by atoms with van der Waals surface area (Å²) in [4.78, 5) is 12.5. The van der Waals surface area contributed by atoms with Gasteiger partial charge >= 0.3 is 5.97 Å². The Bertz CT molecular complexity index is 683. The molecule has 2 aromatic carbocycles. The van der Waals surface area contributed by atoms with E-state index in [4.69, 9.17) is 5.11 Å². The van der Waals surface area contributed by atoms with Crippen molar-refractivity contribution in [3.05, 3.63) is 64.4 Å². The van der Waals surface area contributed by atoms with Crippen molar-refractivity contribution < 1.29 is 14.3 Å². The van der Waals surface area contributed by atoms with Crippen molar-refractivity contribution in [3.63, 3.8) is 0 Å². The number of benzene rings is 2. The maximum absolute atomic E-state index is 13.0. The summed E-state index contributed by atoms with van der Waals surface area (Å²) in [5.41, 5.74) is 2.38. The fourth-order valence-electron chi connectivity index (χ4n) is 1.91. The monoisotopic (exact) mass is 349 g/mol. The molecule has 0 unspecified atom stereocenters. The molecule has 21 heavy (non-hydrogen) atoms. The van der Waals surface area contributed by atoms with Crippen LogP contribution in [0.25, 0.3) is 6.08 Å². The zero-order valence-electron chi connectivity index (χ0n) is 11.3. The molecule has 3 nitrogen and oxygen atoms in total. The van der Waals surface area contributed by atoms with E-state index in [9.17, 15) is 9.18 Å². The maximum atomic E-state index is 13.0. The van der Waals surface area contributed by atoms with Gasteiger partial charge in [-0.05, 0) is 48.0 Å². The topological polar surface area (TPSA) is 40.5 Å². The van der Waals surface area contributed by atoms with Crippen molar-refractivity contribution >= 4 is 39.4 Å². The van der Waals surface area contributed by atoms with Crippen LogP contribution in [0.1, 0.15) is 5.56 Å². The first-order valence-corrected chi connectivity index (χ1v) is 6.96. The second-order valence-corrected chi connectivity index (χ2v) is 5.33. The molecule has 5 heteroatoms. The van der Waals surface area contributed by atoms with Crippen LogP contribution in [0.4, 0.5) is 15.8 Å². The first-order valence-electron chi connectivity index (χ1n) is 6.17. The SMILES string of the molecule is CN(c1ccc(F)cc1)c1cc(Br)ccc1C=CC(=O)O. The van der Waals surface area contributed by atoms with Gasteiger partial charge in [0.1, 0.15) is 5.82 Å². The summed E-state index contributed by atoms with van der Waals surface area (Å²) < 4.78 is 13.9. The van der Waals surface area contributed by atoms with Crippen molar-refractivity contribution in [2.75, 3.05) is 11.9 Å². The van der Waals surface area contributed by atoms with E-state index in [1.807, 2.05) is 30.1 Å². The Morgan fingerprint density at radius 1 is 1.24 bits per heavy atom. The zero-order chi connectivity index (χ0) is 15.4. The van der Waals surface area contributed by atoms with Gasteiger partial charge in [-0.1, -0.05) is 22.0 Å². The Balaban J connectivity index is 2.43. The van der Waals surface area contributed by atoms with Crippen molar-refractivity contribution in [2.45, 2.75) is 0 Å². The van der Waals surface area contributed by atoms with Crippen LogP contribution >= 0.6 is 15.9 Å². The van der Waals surface area contributed by atoms with Crippen LogP contribution in [0, 0.1) is 5.82 Å². The molecule has 0 saturated heterocycles. The normalized spacial score (nSPS) is 10.8. The molecule has 2 aromatic rings. The minimum absolute atomic E-state index is 0.299. The molecule has 1 N–H and O–H groups in total.